The average molecular weight is 325 g/mol. The molecule has 3 atom stereocenters. The number of fused-ring (bicyclic) bond motifs is 1. The van der Waals surface area contributed by atoms with Crippen LogP contribution < -0.4 is 0 Å². The van der Waals surface area contributed by atoms with Gasteiger partial charge in [0.1, 0.15) is 22.8 Å². The minimum absolute atomic E-state index is 0.000375. The molecule has 2 aliphatic heterocycles. The summed E-state index contributed by atoms with van der Waals surface area (Å²) in [5.74, 6) is -2.02. The lowest BCUT2D eigenvalue weighted by Gasteiger charge is -2.50. The van der Waals surface area contributed by atoms with Crippen molar-refractivity contribution >= 4 is 23.6 Å². The molecule has 2 aliphatic rings. The number of carbonyl (C=O) groups is 2. The summed E-state index contributed by atoms with van der Waals surface area (Å²) in [6, 6.07) is 4.76. The van der Waals surface area contributed by atoms with Gasteiger partial charge in [-0.2, -0.15) is 0 Å². The van der Waals surface area contributed by atoms with Crippen molar-refractivity contribution < 1.29 is 24.2 Å². The number of aliphatic carboxylic acids is 1. The fourth-order valence-electron chi connectivity index (χ4n) is 3.41. The lowest BCUT2D eigenvalue weighted by atomic mass is 9.86. The van der Waals surface area contributed by atoms with Gasteiger partial charge in [-0.1, -0.05) is 18.2 Å². The summed E-state index contributed by atoms with van der Waals surface area (Å²) in [7, 11) is 0. The van der Waals surface area contributed by atoms with Gasteiger partial charge in [-0.25, -0.2) is 9.18 Å². The molecule has 118 valence electrons. The third-order valence-corrected chi connectivity index (χ3v) is 5.97. The lowest BCUT2D eigenvalue weighted by molar-refractivity contribution is -0.170. The molecule has 1 aromatic rings. The molecule has 7 heteroatoms. The molecule has 0 aliphatic carbocycles. The third kappa shape index (κ3) is 1.88. The van der Waals surface area contributed by atoms with Crippen LogP contribution in [-0.2, 0) is 9.59 Å². The van der Waals surface area contributed by atoms with Crippen LogP contribution in [0.4, 0.5) is 4.39 Å². The highest BCUT2D eigenvalue weighted by atomic mass is 32.2. The van der Waals surface area contributed by atoms with E-state index in [9.17, 15) is 24.2 Å². The molecular formula is C15H16FNO4S. The van der Waals surface area contributed by atoms with Crippen molar-refractivity contribution in [3.05, 3.63) is 35.6 Å². The summed E-state index contributed by atoms with van der Waals surface area (Å²) in [4.78, 5) is 23.6. The quantitative estimate of drug-likeness (QED) is 0.828. The van der Waals surface area contributed by atoms with Crippen molar-refractivity contribution in [1.82, 2.24) is 4.90 Å². The molecule has 2 saturated heterocycles. The van der Waals surface area contributed by atoms with Crippen LogP contribution in [0.3, 0.4) is 0 Å². The number of rotatable bonds is 3. The Labute approximate surface area is 131 Å². The molecule has 3 rings (SSSR count). The maximum atomic E-state index is 14.0. The number of β-lactam (4-membered cyclic amide) rings is 1. The second-order valence-corrected chi connectivity index (χ2v) is 8.12. The zero-order valence-electron chi connectivity index (χ0n) is 12.1. The van der Waals surface area contributed by atoms with Gasteiger partial charge in [-0.3, -0.25) is 4.79 Å². The predicted octanol–water partition coefficient (Wildman–Crippen LogP) is 1.77. The predicted molar refractivity (Wildman–Crippen MR) is 78.6 cm³/mol. The number of benzene rings is 1. The Morgan fingerprint density at radius 2 is 2.09 bits per heavy atom. The van der Waals surface area contributed by atoms with E-state index in [2.05, 4.69) is 0 Å². The number of hydrogen-bond acceptors (Lipinski definition) is 4. The fraction of sp³-hybridized carbons (Fsp3) is 0.467. The van der Waals surface area contributed by atoms with E-state index >= 15 is 0 Å². The van der Waals surface area contributed by atoms with Gasteiger partial charge in [0, 0.05) is 10.3 Å². The first-order valence-corrected chi connectivity index (χ1v) is 7.70. The highest BCUT2D eigenvalue weighted by molar-refractivity contribution is 8.02. The molecule has 0 bridgehead atoms. The van der Waals surface area contributed by atoms with Crippen LogP contribution in [0, 0.1) is 5.82 Å². The van der Waals surface area contributed by atoms with Gasteiger partial charge in [0.2, 0.25) is 5.91 Å². The molecule has 0 spiro atoms. The van der Waals surface area contributed by atoms with Gasteiger partial charge < -0.3 is 15.1 Å². The van der Waals surface area contributed by atoms with Crippen LogP contribution >= 0.6 is 11.8 Å². The molecule has 5 nitrogen and oxygen atoms in total. The summed E-state index contributed by atoms with van der Waals surface area (Å²) in [5, 5.41) is 20.1. The number of aliphatic hydroxyl groups excluding tert-OH is 1. The maximum absolute atomic E-state index is 14.0. The Hall–Kier alpha value is -1.60. The van der Waals surface area contributed by atoms with Crippen molar-refractivity contribution in [2.45, 2.75) is 42.0 Å². The fourth-order valence-corrected chi connectivity index (χ4v) is 5.38. The van der Waals surface area contributed by atoms with Crippen LogP contribution in [0.1, 0.15) is 31.9 Å². The van der Waals surface area contributed by atoms with Gasteiger partial charge in [0.15, 0.2) is 0 Å². The minimum atomic E-state index is -1.28. The molecule has 22 heavy (non-hydrogen) atoms. The number of carboxylic acids is 1. The monoisotopic (exact) mass is 325 g/mol. The summed E-state index contributed by atoms with van der Waals surface area (Å²) >= 11 is 1.22. The van der Waals surface area contributed by atoms with Crippen molar-refractivity contribution in [2.24, 2.45) is 0 Å². The van der Waals surface area contributed by atoms with Crippen LogP contribution in [-0.4, -0.2) is 42.6 Å². The van der Waals surface area contributed by atoms with E-state index in [-0.39, 0.29) is 17.9 Å². The number of amides is 1. The van der Waals surface area contributed by atoms with Gasteiger partial charge >= 0.3 is 5.97 Å². The molecular weight excluding hydrogens is 309 g/mol. The number of carboxylic acid groups (broad SMARTS) is 1. The average Bonchev–Trinajstić information content (AvgIpc) is 2.62. The summed E-state index contributed by atoms with van der Waals surface area (Å²) in [5.41, 5.74) is 0.0781. The first-order chi connectivity index (χ1) is 10.2. The standard InChI is InChI=1S/C15H16FNO4S/c1-14(2)11(13(20)21)17-10(18)7-15(17,22-14)12(19)8-5-3-4-6-9(8)16/h3-6,11-12,19H,7H2,1-2H3,(H,20,21)/t11-,12?,15?/m0/s1. The number of thioether (sulfide) groups is 1. The highest BCUT2D eigenvalue weighted by Gasteiger charge is 2.70. The van der Waals surface area contributed by atoms with E-state index in [0.29, 0.717) is 0 Å². The number of hydrogen-bond donors (Lipinski definition) is 2. The van der Waals surface area contributed by atoms with Gasteiger partial charge in [-0.15, -0.1) is 11.8 Å². The summed E-state index contributed by atoms with van der Waals surface area (Å²) in [6.45, 7) is 3.44. The molecule has 2 unspecified atom stereocenters. The highest BCUT2D eigenvalue weighted by Crippen LogP contribution is 2.63. The Kier molecular flexibility index (Phi) is 3.27. The zero-order chi connectivity index (χ0) is 16.3. The minimum Gasteiger partial charge on any atom is -0.480 e. The molecule has 0 aromatic heterocycles. The van der Waals surface area contributed by atoms with Crippen molar-refractivity contribution in [1.29, 1.82) is 0 Å². The van der Waals surface area contributed by atoms with E-state index in [4.69, 9.17) is 0 Å². The van der Waals surface area contributed by atoms with Crippen molar-refractivity contribution in [3.8, 4) is 0 Å². The Bertz CT molecular complexity index is 665. The van der Waals surface area contributed by atoms with Crippen molar-refractivity contribution in [2.75, 3.05) is 0 Å². The largest absolute Gasteiger partial charge is 0.480 e. The topological polar surface area (TPSA) is 77.8 Å². The van der Waals surface area contributed by atoms with Crippen LogP contribution in [0.5, 0.6) is 0 Å². The summed E-state index contributed by atoms with van der Waals surface area (Å²) < 4.78 is 13.2. The summed E-state index contributed by atoms with van der Waals surface area (Å²) in [6.07, 6.45) is -1.28. The second kappa shape index (κ2) is 4.70. The van der Waals surface area contributed by atoms with Crippen LogP contribution in [0.25, 0.3) is 0 Å². The lowest BCUT2D eigenvalue weighted by Crippen LogP contribution is -2.66. The molecule has 2 fully saturated rings. The third-order valence-electron chi connectivity index (χ3n) is 4.30. The molecule has 0 saturated carbocycles. The van der Waals surface area contributed by atoms with E-state index in [1.807, 2.05) is 0 Å². The van der Waals surface area contributed by atoms with E-state index in [0.717, 1.165) is 0 Å². The van der Waals surface area contributed by atoms with Gasteiger partial charge in [-0.05, 0) is 19.9 Å². The van der Waals surface area contributed by atoms with Crippen molar-refractivity contribution in [3.63, 3.8) is 0 Å². The van der Waals surface area contributed by atoms with Gasteiger partial charge in [0.05, 0.1) is 6.42 Å². The number of carbonyl (C=O) groups excluding carboxylic acids is 1. The smallest absolute Gasteiger partial charge is 0.327 e. The van der Waals surface area contributed by atoms with Gasteiger partial charge in [0.25, 0.3) is 0 Å². The SMILES string of the molecule is CC1(C)SC2(C(O)c3ccccc3F)CC(=O)N2[C@H]1C(=O)O. The Balaban J connectivity index is 2.05. The van der Waals surface area contributed by atoms with Crippen LogP contribution in [0.2, 0.25) is 0 Å². The molecule has 1 amide bonds. The Morgan fingerprint density at radius 3 is 2.64 bits per heavy atom. The van der Waals surface area contributed by atoms with Crippen LogP contribution in [0.15, 0.2) is 24.3 Å². The first-order valence-electron chi connectivity index (χ1n) is 6.88. The number of aliphatic hydroxyl groups is 1. The Morgan fingerprint density at radius 1 is 1.45 bits per heavy atom. The van der Waals surface area contributed by atoms with E-state index in [1.165, 1.54) is 34.9 Å². The zero-order valence-corrected chi connectivity index (χ0v) is 12.9. The number of halogens is 1. The second-order valence-electron chi connectivity index (χ2n) is 6.16. The van der Waals surface area contributed by atoms with E-state index in [1.54, 1.807) is 19.9 Å². The normalized spacial score (nSPS) is 30.6. The molecule has 0 radical (unpaired) electrons. The molecule has 2 N–H and O–H groups in total. The maximum Gasteiger partial charge on any atom is 0.327 e. The molecule has 1 aromatic carbocycles. The molecule has 2 heterocycles. The first kappa shape index (κ1) is 15.3. The number of nitrogens with zero attached hydrogens (tertiary/aromatic N) is 1. The van der Waals surface area contributed by atoms with E-state index < -0.39 is 33.6 Å².